The summed E-state index contributed by atoms with van der Waals surface area (Å²) < 4.78 is 39.1. The maximum absolute atomic E-state index is 13.6. The molecule has 0 bridgehead atoms. The summed E-state index contributed by atoms with van der Waals surface area (Å²) in [6, 6.07) is 20.2. The fraction of sp³-hybridized carbons (Fsp3) is 0.192. The first kappa shape index (κ1) is 22.7. The van der Waals surface area contributed by atoms with E-state index in [1.807, 2.05) is 6.07 Å². The standard InChI is InChI=1S/C26H21FN4O3S/c1-26(11-12-35(33,34)16-26)29-25(32)19-5-10-22-23(14-19)31(21-8-6-20(27)7-9-21)30-24(22)18-4-2-3-17(13-18)15-28/h2-10,13-14H,11-12,16H2,1H3,(H,29,32)/t26-/m0/s1. The fourth-order valence-corrected chi connectivity index (χ4v) is 6.53. The number of halogens is 1. The molecule has 176 valence electrons. The molecule has 0 saturated carbocycles. The second kappa shape index (κ2) is 8.32. The van der Waals surface area contributed by atoms with Crippen LogP contribution in [0.25, 0.3) is 27.8 Å². The lowest BCUT2D eigenvalue weighted by Gasteiger charge is -2.23. The topological polar surface area (TPSA) is 105 Å². The van der Waals surface area contributed by atoms with E-state index in [4.69, 9.17) is 5.10 Å². The van der Waals surface area contributed by atoms with Crippen LogP contribution in [0.3, 0.4) is 0 Å². The highest BCUT2D eigenvalue weighted by atomic mass is 32.2. The van der Waals surface area contributed by atoms with Crippen LogP contribution in [0.5, 0.6) is 0 Å². The van der Waals surface area contributed by atoms with E-state index in [2.05, 4.69) is 11.4 Å². The highest BCUT2D eigenvalue weighted by Gasteiger charge is 2.39. The molecule has 1 aliphatic heterocycles. The number of rotatable bonds is 4. The summed E-state index contributed by atoms with van der Waals surface area (Å²) in [4.78, 5) is 13.1. The van der Waals surface area contributed by atoms with Crippen LogP contribution in [0, 0.1) is 17.1 Å². The molecule has 5 rings (SSSR count). The second-order valence-electron chi connectivity index (χ2n) is 9.02. The molecule has 1 atom stereocenters. The highest BCUT2D eigenvalue weighted by molar-refractivity contribution is 7.91. The second-order valence-corrected chi connectivity index (χ2v) is 11.2. The van der Waals surface area contributed by atoms with E-state index in [1.54, 1.807) is 60.1 Å². The van der Waals surface area contributed by atoms with Crippen LogP contribution in [0.4, 0.5) is 4.39 Å². The molecule has 1 N–H and O–H groups in total. The molecular formula is C26H21FN4O3S. The van der Waals surface area contributed by atoms with E-state index in [-0.39, 0.29) is 23.2 Å². The number of fused-ring (bicyclic) bond motifs is 1. The largest absolute Gasteiger partial charge is 0.346 e. The molecule has 1 fully saturated rings. The quantitative estimate of drug-likeness (QED) is 0.467. The Hall–Kier alpha value is -4.03. The summed E-state index contributed by atoms with van der Waals surface area (Å²) >= 11 is 0. The third-order valence-electron chi connectivity index (χ3n) is 6.20. The number of aromatic nitrogens is 2. The van der Waals surface area contributed by atoms with Gasteiger partial charge in [-0.3, -0.25) is 4.79 Å². The molecule has 4 aromatic rings. The van der Waals surface area contributed by atoms with Crippen molar-refractivity contribution >= 4 is 26.6 Å². The minimum atomic E-state index is -3.18. The van der Waals surface area contributed by atoms with E-state index in [0.717, 1.165) is 10.9 Å². The van der Waals surface area contributed by atoms with Gasteiger partial charge in [-0.05, 0) is 67.9 Å². The van der Waals surface area contributed by atoms with Gasteiger partial charge < -0.3 is 5.32 Å². The average molecular weight is 489 g/mol. The zero-order valence-electron chi connectivity index (χ0n) is 18.8. The van der Waals surface area contributed by atoms with Crippen molar-refractivity contribution < 1.29 is 17.6 Å². The molecule has 0 aliphatic carbocycles. The molecule has 3 aromatic carbocycles. The summed E-state index contributed by atoms with van der Waals surface area (Å²) in [7, 11) is -3.18. The van der Waals surface area contributed by atoms with Crippen molar-refractivity contribution in [1.82, 2.24) is 15.1 Å². The van der Waals surface area contributed by atoms with Crippen molar-refractivity contribution in [2.24, 2.45) is 0 Å². The Morgan fingerprint density at radius 2 is 1.91 bits per heavy atom. The molecular weight excluding hydrogens is 467 g/mol. The Labute approximate surface area is 201 Å². The Balaban J connectivity index is 1.61. The minimum Gasteiger partial charge on any atom is -0.346 e. The van der Waals surface area contributed by atoms with Gasteiger partial charge in [0.1, 0.15) is 11.5 Å². The molecule has 1 aromatic heterocycles. The first-order chi connectivity index (χ1) is 16.7. The van der Waals surface area contributed by atoms with Gasteiger partial charge in [0.2, 0.25) is 0 Å². The first-order valence-corrected chi connectivity index (χ1v) is 12.8. The van der Waals surface area contributed by atoms with E-state index in [9.17, 15) is 22.9 Å². The average Bonchev–Trinajstić information content (AvgIpc) is 3.35. The van der Waals surface area contributed by atoms with Crippen molar-refractivity contribution in [3.63, 3.8) is 0 Å². The SMILES string of the molecule is C[C@]1(NC(=O)c2ccc3c(-c4cccc(C#N)c4)nn(-c4ccc(F)cc4)c3c2)CCS(=O)(=O)C1. The van der Waals surface area contributed by atoms with Gasteiger partial charge in [-0.2, -0.15) is 10.4 Å². The zero-order chi connectivity index (χ0) is 24.8. The van der Waals surface area contributed by atoms with Crippen molar-refractivity contribution in [3.8, 4) is 23.0 Å². The monoisotopic (exact) mass is 488 g/mol. The van der Waals surface area contributed by atoms with Crippen LogP contribution < -0.4 is 5.32 Å². The number of carbonyl (C=O) groups excluding carboxylic acids is 1. The molecule has 9 heteroatoms. The number of nitrogens with one attached hydrogen (secondary N) is 1. The summed E-state index contributed by atoms with van der Waals surface area (Å²) in [5, 5.41) is 17.7. The van der Waals surface area contributed by atoms with Gasteiger partial charge in [0.05, 0.1) is 39.9 Å². The number of carbonyl (C=O) groups is 1. The number of amides is 1. The lowest BCUT2D eigenvalue weighted by Crippen LogP contribution is -2.46. The molecule has 1 aliphatic rings. The first-order valence-electron chi connectivity index (χ1n) is 11.0. The van der Waals surface area contributed by atoms with Gasteiger partial charge >= 0.3 is 0 Å². The Bertz CT molecular complexity index is 1620. The molecule has 0 spiro atoms. The lowest BCUT2D eigenvalue weighted by atomic mass is 10.0. The number of nitriles is 1. The van der Waals surface area contributed by atoms with Crippen LogP contribution in [0.15, 0.2) is 66.7 Å². The minimum absolute atomic E-state index is 0.0469. The van der Waals surface area contributed by atoms with E-state index >= 15 is 0 Å². The van der Waals surface area contributed by atoms with Gasteiger partial charge in [0.25, 0.3) is 5.91 Å². The maximum atomic E-state index is 13.6. The Kier molecular flexibility index (Phi) is 5.41. The van der Waals surface area contributed by atoms with Gasteiger partial charge in [-0.25, -0.2) is 17.5 Å². The van der Waals surface area contributed by atoms with Gasteiger partial charge in [-0.1, -0.05) is 12.1 Å². The fourth-order valence-electron chi connectivity index (χ4n) is 4.44. The molecule has 0 unspecified atom stereocenters. The third-order valence-corrected chi connectivity index (χ3v) is 8.10. The normalized spacial score (nSPS) is 18.9. The number of hydrogen-bond donors (Lipinski definition) is 1. The molecule has 7 nitrogen and oxygen atoms in total. The van der Waals surface area contributed by atoms with Crippen molar-refractivity contribution in [1.29, 1.82) is 5.26 Å². The highest BCUT2D eigenvalue weighted by Crippen LogP contribution is 2.32. The van der Waals surface area contributed by atoms with Crippen LogP contribution in [0.1, 0.15) is 29.3 Å². The predicted molar refractivity (Wildman–Crippen MR) is 130 cm³/mol. The maximum Gasteiger partial charge on any atom is 0.251 e. The van der Waals surface area contributed by atoms with E-state index in [0.29, 0.717) is 34.4 Å². The smallest absolute Gasteiger partial charge is 0.251 e. The van der Waals surface area contributed by atoms with Gasteiger partial charge in [-0.15, -0.1) is 0 Å². The summed E-state index contributed by atoms with van der Waals surface area (Å²) in [6.07, 6.45) is 0.357. The number of hydrogen-bond acceptors (Lipinski definition) is 5. The summed E-state index contributed by atoms with van der Waals surface area (Å²) in [5.41, 5.74) is 2.58. The Morgan fingerprint density at radius 3 is 2.60 bits per heavy atom. The number of nitrogens with zero attached hydrogens (tertiary/aromatic N) is 3. The molecule has 35 heavy (non-hydrogen) atoms. The molecule has 1 amide bonds. The van der Waals surface area contributed by atoms with Gasteiger partial charge in [0.15, 0.2) is 9.84 Å². The van der Waals surface area contributed by atoms with E-state index < -0.39 is 15.4 Å². The molecule has 2 heterocycles. The van der Waals surface area contributed by atoms with Crippen molar-refractivity contribution in [2.45, 2.75) is 18.9 Å². The van der Waals surface area contributed by atoms with Crippen LogP contribution in [-0.2, 0) is 9.84 Å². The predicted octanol–water partition coefficient (Wildman–Crippen LogP) is 4.01. The molecule has 0 radical (unpaired) electrons. The lowest BCUT2D eigenvalue weighted by molar-refractivity contribution is 0.0915. The van der Waals surface area contributed by atoms with Crippen LogP contribution in [-0.4, -0.2) is 41.2 Å². The third kappa shape index (κ3) is 4.40. The number of benzene rings is 3. The van der Waals surface area contributed by atoms with E-state index in [1.165, 1.54) is 12.1 Å². The summed E-state index contributed by atoms with van der Waals surface area (Å²) in [6.45, 7) is 1.73. The molecule has 1 saturated heterocycles. The van der Waals surface area contributed by atoms with Gasteiger partial charge in [0, 0.05) is 16.5 Å². The number of sulfone groups is 1. The zero-order valence-corrected chi connectivity index (χ0v) is 19.6. The Morgan fingerprint density at radius 1 is 1.14 bits per heavy atom. The summed E-state index contributed by atoms with van der Waals surface area (Å²) in [5.74, 6) is -0.815. The van der Waals surface area contributed by atoms with Crippen molar-refractivity contribution in [2.75, 3.05) is 11.5 Å². The van der Waals surface area contributed by atoms with Crippen molar-refractivity contribution in [3.05, 3.63) is 83.7 Å². The van der Waals surface area contributed by atoms with Crippen LogP contribution in [0.2, 0.25) is 0 Å². The van der Waals surface area contributed by atoms with Crippen LogP contribution >= 0.6 is 0 Å².